The highest BCUT2D eigenvalue weighted by Crippen LogP contribution is 2.30. The summed E-state index contributed by atoms with van der Waals surface area (Å²) in [6, 6.07) is 2.79. The largest absolute Gasteiger partial charge is 0.331 e. The highest BCUT2D eigenvalue weighted by atomic mass is 16.2. The summed E-state index contributed by atoms with van der Waals surface area (Å²) in [7, 11) is 3.68. The second-order valence-electron chi connectivity index (χ2n) is 8.64. The topological polar surface area (TPSA) is 55.5 Å². The standard InChI is InChI=1S/C18H31N5O/c1-18(2,3)16-8-14(19-20-16)11-22-9-13-6-7-15(22)12-23(10-13)17(24)21(4)5/h8,13,15H,6-7,9-12H2,1-5H3,(H,19,20)/t13-,15-/m1/s1. The third-order valence-corrected chi connectivity index (χ3v) is 5.25. The average molecular weight is 333 g/mol. The average Bonchev–Trinajstić information content (AvgIpc) is 2.79. The van der Waals surface area contributed by atoms with Gasteiger partial charge in [0.25, 0.3) is 0 Å². The Labute approximate surface area is 145 Å². The van der Waals surface area contributed by atoms with E-state index >= 15 is 0 Å². The first-order valence-electron chi connectivity index (χ1n) is 8.99. The summed E-state index contributed by atoms with van der Waals surface area (Å²) in [5.74, 6) is 0.581. The van der Waals surface area contributed by atoms with Crippen LogP contribution in [0.3, 0.4) is 0 Å². The normalized spacial score (nSPS) is 25.0. The van der Waals surface area contributed by atoms with Gasteiger partial charge in [0, 0.05) is 57.4 Å². The molecule has 0 aliphatic carbocycles. The zero-order valence-corrected chi connectivity index (χ0v) is 15.7. The summed E-state index contributed by atoms with van der Waals surface area (Å²) >= 11 is 0. The predicted octanol–water partition coefficient (Wildman–Crippen LogP) is 2.29. The number of aromatic amines is 1. The van der Waals surface area contributed by atoms with E-state index in [-0.39, 0.29) is 11.4 Å². The fourth-order valence-corrected chi connectivity index (χ4v) is 3.86. The number of nitrogens with one attached hydrogen (secondary N) is 1. The van der Waals surface area contributed by atoms with Gasteiger partial charge in [-0.15, -0.1) is 0 Å². The van der Waals surface area contributed by atoms with Gasteiger partial charge in [0.15, 0.2) is 0 Å². The number of hydrogen-bond donors (Lipinski definition) is 1. The van der Waals surface area contributed by atoms with Crippen molar-refractivity contribution in [3.8, 4) is 0 Å². The summed E-state index contributed by atoms with van der Waals surface area (Å²) in [5.41, 5.74) is 2.36. The minimum atomic E-state index is 0.0709. The van der Waals surface area contributed by atoms with E-state index in [4.69, 9.17) is 0 Å². The Kier molecular flexibility index (Phi) is 4.60. The van der Waals surface area contributed by atoms with Gasteiger partial charge in [0.2, 0.25) is 0 Å². The Balaban J connectivity index is 1.70. The molecule has 0 spiro atoms. The molecule has 134 valence electrons. The summed E-state index contributed by atoms with van der Waals surface area (Å²) in [4.78, 5) is 18.6. The molecule has 3 saturated heterocycles. The molecule has 1 aromatic rings. The van der Waals surface area contributed by atoms with E-state index < -0.39 is 0 Å². The minimum Gasteiger partial charge on any atom is -0.331 e. The molecule has 3 aliphatic heterocycles. The molecule has 2 atom stereocenters. The van der Waals surface area contributed by atoms with Crippen molar-refractivity contribution in [3.63, 3.8) is 0 Å². The van der Waals surface area contributed by atoms with Crippen LogP contribution in [0.25, 0.3) is 0 Å². The molecule has 0 saturated carbocycles. The quantitative estimate of drug-likeness (QED) is 0.903. The molecule has 4 rings (SSSR count). The van der Waals surface area contributed by atoms with Gasteiger partial charge in [-0.3, -0.25) is 10.00 Å². The molecule has 4 heterocycles. The van der Waals surface area contributed by atoms with Crippen molar-refractivity contribution in [2.24, 2.45) is 5.92 Å². The zero-order valence-electron chi connectivity index (χ0n) is 15.7. The van der Waals surface area contributed by atoms with Crippen LogP contribution in [0.5, 0.6) is 0 Å². The molecule has 1 N–H and O–H groups in total. The number of aromatic nitrogens is 2. The van der Waals surface area contributed by atoms with Crippen molar-refractivity contribution in [3.05, 3.63) is 17.5 Å². The smallest absolute Gasteiger partial charge is 0.319 e. The Morgan fingerprint density at radius 1 is 1.29 bits per heavy atom. The number of hydrogen-bond acceptors (Lipinski definition) is 3. The number of amides is 2. The van der Waals surface area contributed by atoms with E-state index in [1.807, 2.05) is 19.0 Å². The Bertz CT molecular complexity index is 588. The molecular formula is C18H31N5O. The van der Waals surface area contributed by atoms with E-state index in [1.54, 1.807) is 4.90 Å². The molecule has 0 aromatic carbocycles. The Hall–Kier alpha value is -1.56. The molecule has 3 aliphatic rings. The third-order valence-electron chi connectivity index (χ3n) is 5.25. The number of nitrogens with zero attached hydrogens (tertiary/aromatic N) is 4. The minimum absolute atomic E-state index is 0.0709. The molecule has 1 aromatic heterocycles. The predicted molar refractivity (Wildman–Crippen MR) is 94.9 cm³/mol. The zero-order chi connectivity index (χ0) is 17.5. The number of piperidine rings is 1. The fourth-order valence-electron chi connectivity index (χ4n) is 3.86. The molecule has 24 heavy (non-hydrogen) atoms. The van der Waals surface area contributed by atoms with Crippen LogP contribution in [-0.4, -0.2) is 70.7 Å². The van der Waals surface area contributed by atoms with Gasteiger partial charge in [-0.2, -0.15) is 5.10 Å². The van der Waals surface area contributed by atoms with Crippen LogP contribution in [0.4, 0.5) is 4.79 Å². The maximum absolute atomic E-state index is 12.4. The first kappa shape index (κ1) is 17.3. The van der Waals surface area contributed by atoms with Gasteiger partial charge >= 0.3 is 6.03 Å². The van der Waals surface area contributed by atoms with Crippen LogP contribution < -0.4 is 0 Å². The lowest BCUT2D eigenvalue weighted by Crippen LogP contribution is -2.45. The van der Waals surface area contributed by atoms with Crippen LogP contribution in [0.2, 0.25) is 0 Å². The molecule has 2 amide bonds. The summed E-state index contributed by atoms with van der Waals surface area (Å²) in [6.07, 6.45) is 2.41. The van der Waals surface area contributed by atoms with Gasteiger partial charge in [0.1, 0.15) is 0 Å². The van der Waals surface area contributed by atoms with Gasteiger partial charge in [0.05, 0.1) is 5.69 Å². The Morgan fingerprint density at radius 3 is 2.67 bits per heavy atom. The van der Waals surface area contributed by atoms with Crippen LogP contribution in [-0.2, 0) is 12.0 Å². The number of fused-ring (bicyclic) bond motifs is 4. The van der Waals surface area contributed by atoms with E-state index in [2.05, 4.69) is 41.9 Å². The van der Waals surface area contributed by atoms with Crippen molar-refractivity contribution >= 4 is 6.03 Å². The second kappa shape index (κ2) is 6.39. The number of carbonyl (C=O) groups excluding carboxylic acids is 1. The van der Waals surface area contributed by atoms with Crippen molar-refractivity contribution in [2.75, 3.05) is 33.7 Å². The molecule has 6 heteroatoms. The van der Waals surface area contributed by atoms with Crippen molar-refractivity contribution < 1.29 is 4.79 Å². The van der Waals surface area contributed by atoms with Crippen LogP contribution in [0.1, 0.15) is 45.0 Å². The third kappa shape index (κ3) is 3.58. The molecular weight excluding hydrogens is 302 g/mol. The Morgan fingerprint density at radius 2 is 2.04 bits per heavy atom. The number of urea groups is 1. The van der Waals surface area contributed by atoms with E-state index in [0.717, 1.165) is 31.9 Å². The first-order valence-corrected chi connectivity index (χ1v) is 8.99. The maximum atomic E-state index is 12.4. The van der Waals surface area contributed by atoms with Gasteiger partial charge in [-0.1, -0.05) is 20.8 Å². The number of carbonyl (C=O) groups is 1. The van der Waals surface area contributed by atoms with E-state index in [9.17, 15) is 4.79 Å². The molecule has 2 bridgehead atoms. The fraction of sp³-hybridized carbons (Fsp3) is 0.778. The number of H-pyrrole nitrogens is 1. The van der Waals surface area contributed by atoms with Gasteiger partial charge in [-0.05, 0) is 24.8 Å². The van der Waals surface area contributed by atoms with Crippen molar-refractivity contribution in [1.82, 2.24) is 24.9 Å². The molecule has 0 radical (unpaired) electrons. The van der Waals surface area contributed by atoms with E-state index in [0.29, 0.717) is 12.0 Å². The summed E-state index contributed by atoms with van der Waals surface area (Å²) in [6.45, 7) is 10.3. The van der Waals surface area contributed by atoms with Gasteiger partial charge < -0.3 is 9.80 Å². The summed E-state index contributed by atoms with van der Waals surface area (Å²) in [5, 5.41) is 7.69. The van der Waals surface area contributed by atoms with E-state index in [1.165, 1.54) is 18.5 Å². The van der Waals surface area contributed by atoms with Gasteiger partial charge in [-0.25, -0.2) is 4.79 Å². The molecule has 0 unspecified atom stereocenters. The second-order valence-corrected chi connectivity index (χ2v) is 8.64. The lowest BCUT2D eigenvalue weighted by molar-refractivity contribution is 0.121. The molecule has 6 nitrogen and oxygen atoms in total. The lowest BCUT2D eigenvalue weighted by atomic mass is 9.92. The highest BCUT2D eigenvalue weighted by Gasteiger charge is 2.37. The maximum Gasteiger partial charge on any atom is 0.319 e. The monoisotopic (exact) mass is 333 g/mol. The van der Waals surface area contributed by atoms with Crippen LogP contribution in [0.15, 0.2) is 6.07 Å². The first-order chi connectivity index (χ1) is 11.2. The highest BCUT2D eigenvalue weighted by molar-refractivity contribution is 5.74. The number of rotatable bonds is 2. The lowest BCUT2D eigenvalue weighted by Gasteiger charge is -2.35. The molecule has 3 fully saturated rings. The van der Waals surface area contributed by atoms with Crippen molar-refractivity contribution in [2.45, 2.75) is 51.6 Å². The SMILES string of the molecule is CN(C)C(=O)N1C[C@@H]2CC[C@H](C1)N(Cc1cc(C(C)(C)C)n[nH]1)C2. The van der Waals surface area contributed by atoms with Crippen LogP contribution in [0, 0.1) is 5.92 Å². The summed E-state index contributed by atoms with van der Waals surface area (Å²) < 4.78 is 0. The van der Waals surface area contributed by atoms with Crippen LogP contribution >= 0.6 is 0 Å². The van der Waals surface area contributed by atoms with Crippen molar-refractivity contribution in [1.29, 1.82) is 0 Å².